The van der Waals surface area contributed by atoms with Crippen LogP contribution in [0.2, 0.25) is 0 Å². The van der Waals surface area contributed by atoms with E-state index in [0.717, 1.165) is 6.42 Å². The molecule has 0 aromatic rings. The standard InChI is InChI=1S/C9H20O2/c1-4-9(7(2)5-10)8(3)6-11/h7-11H,4-6H2,1-3H3. The van der Waals surface area contributed by atoms with Gasteiger partial charge in [-0.2, -0.15) is 0 Å². The van der Waals surface area contributed by atoms with Crippen LogP contribution in [0.5, 0.6) is 0 Å². The summed E-state index contributed by atoms with van der Waals surface area (Å²) in [4.78, 5) is 0. The van der Waals surface area contributed by atoms with Crippen LogP contribution in [0.25, 0.3) is 0 Å². The predicted molar refractivity (Wildman–Crippen MR) is 46.3 cm³/mol. The molecular formula is C9H20O2. The molecule has 68 valence electrons. The van der Waals surface area contributed by atoms with Crippen molar-refractivity contribution in [2.75, 3.05) is 13.2 Å². The van der Waals surface area contributed by atoms with E-state index in [2.05, 4.69) is 6.92 Å². The van der Waals surface area contributed by atoms with Crippen LogP contribution in [-0.2, 0) is 0 Å². The molecular weight excluding hydrogens is 140 g/mol. The van der Waals surface area contributed by atoms with Gasteiger partial charge in [-0.05, 0) is 17.8 Å². The van der Waals surface area contributed by atoms with Crippen molar-refractivity contribution in [3.05, 3.63) is 0 Å². The van der Waals surface area contributed by atoms with Gasteiger partial charge in [-0.1, -0.05) is 27.2 Å². The lowest BCUT2D eigenvalue weighted by molar-refractivity contribution is 0.111. The third-order valence-corrected chi connectivity index (χ3v) is 2.51. The maximum Gasteiger partial charge on any atom is 0.0459 e. The molecule has 0 rings (SSSR count). The monoisotopic (exact) mass is 160 g/mol. The molecule has 2 nitrogen and oxygen atoms in total. The van der Waals surface area contributed by atoms with Crippen molar-refractivity contribution >= 4 is 0 Å². The Morgan fingerprint density at radius 2 is 1.36 bits per heavy atom. The largest absolute Gasteiger partial charge is 0.396 e. The van der Waals surface area contributed by atoms with Gasteiger partial charge in [0.2, 0.25) is 0 Å². The van der Waals surface area contributed by atoms with Crippen molar-refractivity contribution in [1.29, 1.82) is 0 Å². The topological polar surface area (TPSA) is 40.5 Å². The molecule has 11 heavy (non-hydrogen) atoms. The van der Waals surface area contributed by atoms with Gasteiger partial charge in [0.25, 0.3) is 0 Å². The van der Waals surface area contributed by atoms with Gasteiger partial charge in [0, 0.05) is 13.2 Å². The Bertz CT molecular complexity index is 83.6. The van der Waals surface area contributed by atoms with Gasteiger partial charge in [0.05, 0.1) is 0 Å². The van der Waals surface area contributed by atoms with Gasteiger partial charge < -0.3 is 10.2 Å². The molecule has 0 aromatic carbocycles. The highest BCUT2D eigenvalue weighted by atomic mass is 16.3. The van der Waals surface area contributed by atoms with Gasteiger partial charge in [-0.3, -0.25) is 0 Å². The third kappa shape index (κ3) is 3.21. The van der Waals surface area contributed by atoms with Crippen molar-refractivity contribution in [3.8, 4) is 0 Å². The molecule has 2 atom stereocenters. The zero-order valence-electron chi connectivity index (χ0n) is 7.75. The quantitative estimate of drug-likeness (QED) is 0.636. The molecule has 0 aromatic heterocycles. The maximum atomic E-state index is 8.90. The zero-order chi connectivity index (χ0) is 8.85. The zero-order valence-corrected chi connectivity index (χ0v) is 7.75. The molecule has 0 aliphatic rings. The van der Waals surface area contributed by atoms with E-state index in [1.54, 1.807) is 0 Å². The van der Waals surface area contributed by atoms with E-state index in [9.17, 15) is 0 Å². The van der Waals surface area contributed by atoms with E-state index in [1.165, 1.54) is 0 Å². The third-order valence-electron chi connectivity index (χ3n) is 2.51. The van der Waals surface area contributed by atoms with Gasteiger partial charge in [-0.15, -0.1) is 0 Å². The molecule has 0 aliphatic carbocycles. The van der Waals surface area contributed by atoms with Crippen LogP contribution in [0.3, 0.4) is 0 Å². The second kappa shape index (κ2) is 5.56. The van der Waals surface area contributed by atoms with Crippen LogP contribution >= 0.6 is 0 Å². The van der Waals surface area contributed by atoms with Crippen molar-refractivity contribution < 1.29 is 10.2 Å². The van der Waals surface area contributed by atoms with Crippen LogP contribution in [0.4, 0.5) is 0 Å². The molecule has 2 heteroatoms. The normalized spacial score (nSPS) is 19.4. The molecule has 0 aliphatic heterocycles. The molecule has 0 amide bonds. The summed E-state index contributed by atoms with van der Waals surface area (Å²) in [5.41, 5.74) is 0. The van der Waals surface area contributed by atoms with Crippen LogP contribution in [0.1, 0.15) is 27.2 Å². The van der Waals surface area contributed by atoms with Crippen molar-refractivity contribution in [2.45, 2.75) is 27.2 Å². The minimum Gasteiger partial charge on any atom is -0.396 e. The maximum absolute atomic E-state index is 8.90. The van der Waals surface area contributed by atoms with Gasteiger partial charge in [0.1, 0.15) is 0 Å². The molecule has 0 heterocycles. The smallest absolute Gasteiger partial charge is 0.0459 e. The lowest BCUT2D eigenvalue weighted by Gasteiger charge is -2.25. The average molecular weight is 160 g/mol. The Morgan fingerprint density at radius 1 is 1.00 bits per heavy atom. The first kappa shape index (κ1) is 10.9. The fourth-order valence-corrected chi connectivity index (χ4v) is 1.64. The highest BCUT2D eigenvalue weighted by molar-refractivity contribution is 4.69. The Kier molecular flexibility index (Phi) is 5.51. The number of aliphatic hydroxyl groups excluding tert-OH is 2. The Hall–Kier alpha value is -0.0800. The fraction of sp³-hybridized carbons (Fsp3) is 1.00. The number of hydrogen-bond acceptors (Lipinski definition) is 2. The average Bonchev–Trinajstić information content (AvgIpc) is 2.05. The van der Waals surface area contributed by atoms with Gasteiger partial charge in [-0.25, -0.2) is 0 Å². The second-order valence-corrected chi connectivity index (χ2v) is 3.39. The van der Waals surface area contributed by atoms with Crippen LogP contribution in [0, 0.1) is 17.8 Å². The Balaban J connectivity index is 3.92. The number of rotatable bonds is 5. The lowest BCUT2D eigenvalue weighted by atomic mass is 9.82. The van der Waals surface area contributed by atoms with Gasteiger partial charge in [0.15, 0.2) is 0 Å². The van der Waals surface area contributed by atoms with Crippen LogP contribution in [0.15, 0.2) is 0 Å². The van der Waals surface area contributed by atoms with E-state index >= 15 is 0 Å². The molecule has 2 unspecified atom stereocenters. The lowest BCUT2D eigenvalue weighted by Crippen LogP contribution is -2.24. The Morgan fingerprint density at radius 3 is 1.55 bits per heavy atom. The molecule has 0 saturated carbocycles. The summed E-state index contributed by atoms with van der Waals surface area (Å²) in [5, 5.41) is 17.8. The minimum atomic E-state index is 0.225. The molecule has 0 fully saturated rings. The van der Waals surface area contributed by atoms with Crippen LogP contribution < -0.4 is 0 Å². The summed E-state index contributed by atoms with van der Waals surface area (Å²) in [6.45, 7) is 6.61. The summed E-state index contributed by atoms with van der Waals surface area (Å²) in [5.74, 6) is 1.06. The highest BCUT2D eigenvalue weighted by Gasteiger charge is 2.20. The summed E-state index contributed by atoms with van der Waals surface area (Å²) in [7, 11) is 0. The molecule has 0 radical (unpaired) electrons. The number of hydrogen-bond donors (Lipinski definition) is 2. The van der Waals surface area contributed by atoms with E-state index in [0.29, 0.717) is 17.8 Å². The minimum absolute atomic E-state index is 0.225. The summed E-state index contributed by atoms with van der Waals surface area (Å²) in [6.07, 6.45) is 1.03. The van der Waals surface area contributed by atoms with Crippen molar-refractivity contribution in [1.82, 2.24) is 0 Å². The first-order valence-corrected chi connectivity index (χ1v) is 4.39. The fourth-order valence-electron chi connectivity index (χ4n) is 1.64. The summed E-state index contributed by atoms with van der Waals surface area (Å²) >= 11 is 0. The number of aliphatic hydroxyl groups is 2. The van der Waals surface area contributed by atoms with E-state index in [-0.39, 0.29) is 13.2 Å². The molecule has 0 spiro atoms. The molecule has 0 bridgehead atoms. The van der Waals surface area contributed by atoms with Crippen molar-refractivity contribution in [3.63, 3.8) is 0 Å². The summed E-state index contributed by atoms with van der Waals surface area (Å²) in [6, 6.07) is 0. The molecule has 2 N–H and O–H groups in total. The second-order valence-electron chi connectivity index (χ2n) is 3.39. The van der Waals surface area contributed by atoms with E-state index < -0.39 is 0 Å². The molecule has 0 saturated heterocycles. The highest BCUT2D eigenvalue weighted by Crippen LogP contribution is 2.23. The van der Waals surface area contributed by atoms with Crippen LogP contribution in [-0.4, -0.2) is 23.4 Å². The predicted octanol–water partition coefficient (Wildman–Crippen LogP) is 1.27. The SMILES string of the molecule is CCC(C(C)CO)C(C)CO. The van der Waals surface area contributed by atoms with E-state index in [1.807, 2.05) is 13.8 Å². The Labute approximate surface area is 69.2 Å². The van der Waals surface area contributed by atoms with E-state index in [4.69, 9.17) is 10.2 Å². The summed E-state index contributed by atoms with van der Waals surface area (Å²) < 4.78 is 0. The van der Waals surface area contributed by atoms with Crippen molar-refractivity contribution in [2.24, 2.45) is 17.8 Å². The van der Waals surface area contributed by atoms with Gasteiger partial charge >= 0.3 is 0 Å². The first-order chi connectivity index (χ1) is 5.17. The first-order valence-electron chi connectivity index (χ1n) is 4.39.